The number of nitrogens with one attached hydrogen (secondary N) is 1. The zero-order valence-electron chi connectivity index (χ0n) is 9.63. The lowest BCUT2D eigenvalue weighted by Crippen LogP contribution is -2.16. The fourth-order valence-electron chi connectivity index (χ4n) is 1.57. The minimum atomic E-state index is 0.178. The van der Waals surface area contributed by atoms with Gasteiger partial charge in [0, 0.05) is 30.3 Å². The van der Waals surface area contributed by atoms with Crippen molar-refractivity contribution in [2.45, 2.75) is 25.4 Å². The maximum Gasteiger partial charge on any atom is 0.188 e. The number of halogens is 2. The molecule has 0 bridgehead atoms. The molecule has 0 unspecified atom stereocenters. The van der Waals surface area contributed by atoms with Crippen molar-refractivity contribution in [3.8, 4) is 5.75 Å². The number of hydrogen-bond acceptors (Lipinski definition) is 3. The lowest BCUT2D eigenvalue weighted by atomic mass is 10.2. The largest absolute Gasteiger partial charge is 0.466 e. The average Bonchev–Trinajstić information content (AvgIpc) is 3.08. The third kappa shape index (κ3) is 3.75. The monoisotopic (exact) mass is 275 g/mol. The Morgan fingerprint density at radius 2 is 2.12 bits per heavy atom. The molecule has 94 valence electrons. The van der Waals surface area contributed by atoms with E-state index in [1.807, 2.05) is 6.07 Å². The molecule has 0 spiro atoms. The summed E-state index contributed by atoms with van der Waals surface area (Å²) in [4.78, 5) is 0. The Balaban J connectivity index is 2.12. The third-order valence-electron chi connectivity index (χ3n) is 2.56. The van der Waals surface area contributed by atoms with Gasteiger partial charge in [0.2, 0.25) is 0 Å². The third-order valence-corrected chi connectivity index (χ3v) is 3.06. The summed E-state index contributed by atoms with van der Waals surface area (Å²) in [6.45, 7) is 0.891. The van der Waals surface area contributed by atoms with Crippen molar-refractivity contribution < 1.29 is 9.47 Å². The van der Waals surface area contributed by atoms with Gasteiger partial charge in [-0.2, -0.15) is 0 Å². The van der Waals surface area contributed by atoms with Crippen LogP contribution in [-0.2, 0) is 11.3 Å². The number of ether oxygens (including phenoxy) is 2. The van der Waals surface area contributed by atoms with E-state index >= 15 is 0 Å². The van der Waals surface area contributed by atoms with Gasteiger partial charge >= 0.3 is 0 Å². The van der Waals surface area contributed by atoms with Crippen LogP contribution in [0.3, 0.4) is 0 Å². The minimum absolute atomic E-state index is 0.178. The van der Waals surface area contributed by atoms with Crippen LogP contribution in [0.2, 0.25) is 10.0 Å². The normalized spacial score (nSPS) is 15.0. The maximum atomic E-state index is 6.11. The summed E-state index contributed by atoms with van der Waals surface area (Å²) in [5, 5.41) is 4.54. The van der Waals surface area contributed by atoms with Gasteiger partial charge in [-0.25, -0.2) is 0 Å². The molecule has 17 heavy (non-hydrogen) atoms. The molecule has 0 aliphatic heterocycles. The van der Waals surface area contributed by atoms with E-state index < -0.39 is 0 Å². The van der Waals surface area contributed by atoms with E-state index in [0.717, 1.165) is 5.56 Å². The van der Waals surface area contributed by atoms with Crippen LogP contribution >= 0.6 is 23.2 Å². The summed E-state index contributed by atoms with van der Waals surface area (Å²) >= 11 is 12.1. The summed E-state index contributed by atoms with van der Waals surface area (Å²) in [5.74, 6) is 0.645. The Labute approximate surface area is 111 Å². The van der Waals surface area contributed by atoms with Gasteiger partial charge < -0.3 is 14.8 Å². The lowest BCUT2D eigenvalue weighted by molar-refractivity contribution is 0.0504. The highest BCUT2D eigenvalue weighted by Crippen LogP contribution is 2.33. The zero-order valence-corrected chi connectivity index (χ0v) is 11.1. The van der Waals surface area contributed by atoms with E-state index in [0.29, 0.717) is 28.4 Å². The van der Waals surface area contributed by atoms with E-state index in [2.05, 4.69) is 5.32 Å². The van der Waals surface area contributed by atoms with E-state index in [-0.39, 0.29) is 6.79 Å². The Morgan fingerprint density at radius 1 is 1.35 bits per heavy atom. The summed E-state index contributed by atoms with van der Waals surface area (Å²) < 4.78 is 10.4. The van der Waals surface area contributed by atoms with Crippen LogP contribution in [0.15, 0.2) is 12.1 Å². The van der Waals surface area contributed by atoms with Crippen LogP contribution in [0.5, 0.6) is 5.75 Å². The van der Waals surface area contributed by atoms with Crippen molar-refractivity contribution in [2.24, 2.45) is 0 Å². The topological polar surface area (TPSA) is 30.5 Å². The Bertz CT molecular complexity index is 394. The maximum absolute atomic E-state index is 6.11. The Morgan fingerprint density at radius 3 is 2.76 bits per heavy atom. The summed E-state index contributed by atoms with van der Waals surface area (Å²) in [7, 11) is 1.58. The molecule has 1 aromatic rings. The molecule has 1 N–H and O–H groups in total. The highest BCUT2D eigenvalue weighted by molar-refractivity contribution is 6.35. The van der Waals surface area contributed by atoms with Crippen molar-refractivity contribution in [2.75, 3.05) is 13.9 Å². The Kier molecular flexibility index (Phi) is 4.51. The van der Waals surface area contributed by atoms with E-state index in [1.165, 1.54) is 12.8 Å². The fraction of sp³-hybridized carbons (Fsp3) is 0.500. The highest BCUT2D eigenvalue weighted by Gasteiger charge is 2.21. The summed E-state index contributed by atoms with van der Waals surface area (Å²) in [6, 6.07) is 4.17. The second kappa shape index (κ2) is 5.91. The van der Waals surface area contributed by atoms with Gasteiger partial charge in [-0.05, 0) is 25.0 Å². The van der Waals surface area contributed by atoms with Crippen LogP contribution in [-0.4, -0.2) is 19.9 Å². The molecule has 0 atom stereocenters. The lowest BCUT2D eigenvalue weighted by Gasteiger charge is -2.13. The first-order chi connectivity index (χ1) is 8.20. The second-order valence-electron chi connectivity index (χ2n) is 4.08. The first kappa shape index (κ1) is 13.0. The fourth-order valence-corrected chi connectivity index (χ4v) is 2.16. The summed E-state index contributed by atoms with van der Waals surface area (Å²) in [5.41, 5.74) is 0.964. The molecule has 1 aromatic carbocycles. The molecular formula is C12H15Cl2NO2. The Hall–Kier alpha value is -0.480. The van der Waals surface area contributed by atoms with Gasteiger partial charge in [-0.15, -0.1) is 0 Å². The van der Waals surface area contributed by atoms with Gasteiger partial charge in [0.1, 0.15) is 5.75 Å². The predicted octanol–water partition coefficient (Wildman–Crippen LogP) is 3.23. The van der Waals surface area contributed by atoms with Crippen molar-refractivity contribution in [1.82, 2.24) is 5.32 Å². The molecule has 1 aliphatic rings. The standard InChI is InChI=1S/C12H15Cl2NO2/c1-16-7-17-12-8(6-15-10-2-3-10)4-9(13)5-11(12)14/h4-5,10,15H,2-3,6-7H2,1H3. The SMILES string of the molecule is COCOc1c(Cl)cc(Cl)cc1CNC1CC1. The van der Waals surface area contributed by atoms with Gasteiger partial charge in [0.15, 0.2) is 6.79 Å². The van der Waals surface area contributed by atoms with Crippen LogP contribution in [0, 0.1) is 0 Å². The number of methoxy groups -OCH3 is 1. The first-order valence-electron chi connectivity index (χ1n) is 5.53. The molecule has 1 saturated carbocycles. The molecule has 0 heterocycles. The first-order valence-corrected chi connectivity index (χ1v) is 6.29. The van der Waals surface area contributed by atoms with Crippen LogP contribution < -0.4 is 10.1 Å². The molecule has 1 fully saturated rings. The van der Waals surface area contributed by atoms with Crippen LogP contribution in [0.4, 0.5) is 0 Å². The smallest absolute Gasteiger partial charge is 0.188 e. The quantitative estimate of drug-likeness (QED) is 0.809. The number of hydrogen-bond donors (Lipinski definition) is 1. The van der Waals surface area contributed by atoms with Gasteiger partial charge in [-0.1, -0.05) is 23.2 Å². The van der Waals surface area contributed by atoms with Crippen molar-refractivity contribution in [3.63, 3.8) is 0 Å². The van der Waals surface area contributed by atoms with E-state index in [9.17, 15) is 0 Å². The van der Waals surface area contributed by atoms with Gasteiger partial charge in [0.25, 0.3) is 0 Å². The van der Waals surface area contributed by atoms with Crippen LogP contribution in [0.1, 0.15) is 18.4 Å². The average molecular weight is 276 g/mol. The van der Waals surface area contributed by atoms with Gasteiger partial charge in [-0.3, -0.25) is 0 Å². The molecule has 2 rings (SSSR count). The van der Waals surface area contributed by atoms with Crippen molar-refractivity contribution >= 4 is 23.2 Å². The zero-order chi connectivity index (χ0) is 12.3. The molecule has 0 aromatic heterocycles. The van der Waals surface area contributed by atoms with Crippen molar-refractivity contribution in [3.05, 3.63) is 27.7 Å². The van der Waals surface area contributed by atoms with E-state index in [1.54, 1.807) is 13.2 Å². The molecular weight excluding hydrogens is 261 g/mol. The minimum Gasteiger partial charge on any atom is -0.466 e. The van der Waals surface area contributed by atoms with Gasteiger partial charge in [0.05, 0.1) is 5.02 Å². The van der Waals surface area contributed by atoms with Crippen LogP contribution in [0.25, 0.3) is 0 Å². The van der Waals surface area contributed by atoms with E-state index in [4.69, 9.17) is 32.7 Å². The molecule has 0 radical (unpaired) electrons. The molecule has 0 saturated heterocycles. The number of rotatable bonds is 6. The number of benzene rings is 1. The predicted molar refractivity (Wildman–Crippen MR) is 68.8 cm³/mol. The summed E-state index contributed by atoms with van der Waals surface area (Å²) in [6.07, 6.45) is 2.48. The second-order valence-corrected chi connectivity index (χ2v) is 4.93. The highest BCUT2D eigenvalue weighted by atomic mass is 35.5. The molecule has 0 amide bonds. The molecule has 3 nitrogen and oxygen atoms in total. The molecule has 1 aliphatic carbocycles. The molecule has 5 heteroatoms. The van der Waals surface area contributed by atoms with Crippen molar-refractivity contribution in [1.29, 1.82) is 0 Å².